The molecule has 1 heterocycles. The molecular formula is C16H10FN3O. The zero-order valence-electron chi connectivity index (χ0n) is 10.9. The number of hydrogen-bond donors (Lipinski definition) is 2. The maximum absolute atomic E-state index is 13.2. The smallest absolute Gasteiger partial charge is 0.195 e. The second-order valence-corrected chi connectivity index (χ2v) is 4.61. The van der Waals surface area contributed by atoms with E-state index in [9.17, 15) is 9.18 Å². The average molecular weight is 279 g/mol. The summed E-state index contributed by atoms with van der Waals surface area (Å²) in [5, 5.41) is 9.73. The molecule has 5 heteroatoms. The van der Waals surface area contributed by atoms with Gasteiger partial charge < -0.3 is 10.7 Å². The Balaban J connectivity index is 2.18. The first-order chi connectivity index (χ1) is 10.1. The molecule has 0 spiro atoms. The number of nitrogen functional groups attached to an aromatic ring is 1. The molecule has 4 nitrogen and oxygen atoms in total. The molecule has 102 valence electrons. The standard InChI is InChI=1S/C16H10FN3O/c17-12-5-4-9(6-13(12)19)16(21)11-8-20-14-3-1-2-10(7-18)15(11)14/h1-6,8,20H,19H2. The summed E-state index contributed by atoms with van der Waals surface area (Å²) in [6.07, 6.45) is 1.55. The molecule has 0 aliphatic carbocycles. The van der Waals surface area contributed by atoms with Gasteiger partial charge >= 0.3 is 0 Å². The number of H-pyrrole nitrogens is 1. The fourth-order valence-corrected chi connectivity index (χ4v) is 2.30. The number of aromatic amines is 1. The number of carbonyl (C=O) groups excluding carboxylic acids is 1. The molecule has 3 aromatic rings. The van der Waals surface area contributed by atoms with Crippen molar-refractivity contribution in [3.05, 3.63) is 65.1 Å². The van der Waals surface area contributed by atoms with Crippen LogP contribution in [0.5, 0.6) is 0 Å². The van der Waals surface area contributed by atoms with Crippen molar-refractivity contribution in [1.29, 1.82) is 5.26 Å². The zero-order chi connectivity index (χ0) is 15.0. The number of halogens is 1. The Hall–Kier alpha value is -3.13. The van der Waals surface area contributed by atoms with E-state index in [0.717, 1.165) is 6.07 Å². The molecular weight excluding hydrogens is 269 g/mol. The highest BCUT2D eigenvalue weighted by Gasteiger charge is 2.17. The van der Waals surface area contributed by atoms with Crippen LogP contribution in [0, 0.1) is 17.1 Å². The maximum atomic E-state index is 13.2. The zero-order valence-corrected chi connectivity index (χ0v) is 10.9. The van der Waals surface area contributed by atoms with Crippen LogP contribution < -0.4 is 5.73 Å². The maximum Gasteiger partial charge on any atom is 0.195 e. The molecule has 0 atom stereocenters. The van der Waals surface area contributed by atoms with Crippen LogP contribution in [0.4, 0.5) is 10.1 Å². The monoisotopic (exact) mass is 279 g/mol. The van der Waals surface area contributed by atoms with Crippen LogP contribution >= 0.6 is 0 Å². The largest absolute Gasteiger partial charge is 0.396 e. The van der Waals surface area contributed by atoms with E-state index in [-0.39, 0.29) is 17.0 Å². The van der Waals surface area contributed by atoms with Gasteiger partial charge in [-0.25, -0.2) is 4.39 Å². The lowest BCUT2D eigenvalue weighted by molar-refractivity contribution is 0.104. The van der Waals surface area contributed by atoms with Gasteiger partial charge in [0.15, 0.2) is 5.78 Å². The molecule has 0 amide bonds. The van der Waals surface area contributed by atoms with Crippen molar-refractivity contribution in [2.45, 2.75) is 0 Å². The minimum absolute atomic E-state index is 0.0822. The Bertz CT molecular complexity index is 906. The van der Waals surface area contributed by atoms with Gasteiger partial charge in [0, 0.05) is 28.2 Å². The second kappa shape index (κ2) is 4.76. The molecule has 1 aromatic heterocycles. The quantitative estimate of drug-likeness (QED) is 0.558. The molecule has 0 saturated heterocycles. The van der Waals surface area contributed by atoms with Gasteiger partial charge in [0.05, 0.1) is 17.3 Å². The number of hydrogen-bond acceptors (Lipinski definition) is 3. The molecule has 0 fully saturated rings. The number of nitriles is 1. The SMILES string of the molecule is N#Cc1cccc2[nH]cc(C(=O)c3ccc(F)c(N)c3)c12. The molecule has 0 aliphatic rings. The summed E-state index contributed by atoms with van der Waals surface area (Å²) < 4.78 is 13.2. The van der Waals surface area contributed by atoms with Crippen LogP contribution in [0.2, 0.25) is 0 Å². The minimum atomic E-state index is -0.566. The molecule has 0 unspecified atom stereocenters. The summed E-state index contributed by atoms with van der Waals surface area (Å²) in [4.78, 5) is 15.5. The molecule has 0 saturated carbocycles. The topological polar surface area (TPSA) is 82.7 Å². The van der Waals surface area contributed by atoms with Gasteiger partial charge in [-0.05, 0) is 30.3 Å². The summed E-state index contributed by atoms with van der Waals surface area (Å²) in [5.74, 6) is -0.876. The number of fused-ring (bicyclic) bond motifs is 1. The number of nitrogens with one attached hydrogen (secondary N) is 1. The van der Waals surface area contributed by atoms with Crippen molar-refractivity contribution >= 4 is 22.4 Å². The third-order valence-corrected chi connectivity index (χ3v) is 3.33. The predicted octanol–water partition coefficient (Wildman–Crippen LogP) is 2.99. The third-order valence-electron chi connectivity index (χ3n) is 3.33. The summed E-state index contributed by atoms with van der Waals surface area (Å²) >= 11 is 0. The highest BCUT2D eigenvalue weighted by Crippen LogP contribution is 2.25. The summed E-state index contributed by atoms with van der Waals surface area (Å²) in [6.45, 7) is 0. The number of rotatable bonds is 2. The summed E-state index contributed by atoms with van der Waals surface area (Å²) in [7, 11) is 0. The van der Waals surface area contributed by atoms with Gasteiger partial charge in [-0.3, -0.25) is 4.79 Å². The fraction of sp³-hybridized carbons (Fsp3) is 0. The van der Waals surface area contributed by atoms with Crippen LogP contribution in [0.25, 0.3) is 10.9 Å². The normalized spacial score (nSPS) is 10.5. The third kappa shape index (κ3) is 2.03. The van der Waals surface area contributed by atoms with Gasteiger partial charge in [0.2, 0.25) is 0 Å². The summed E-state index contributed by atoms with van der Waals surface area (Å²) in [6, 6.07) is 11.1. The molecule has 0 bridgehead atoms. The minimum Gasteiger partial charge on any atom is -0.396 e. The van der Waals surface area contributed by atoms with E-state index in [0.29, 0.717) is 22.0 Å². The van der Waals surface area contributed by atoms with E-state index in [1.807, 2.05) is 0 Å². The second-order valence-electron chi connectivity index (χ2n) is 4.61. The van der Waals surface area contributed by atoms with Crippen LogP contribution in [-0.4, -0.2) is 10.8 Å². The van der Waals surface area contributed by atoms with E-state index < -0.39 is 5.82 Å². The number of aromatic nitrogens is 1. The fourth-order valence-electron chi connectivity index (χ4n) is 2.30. The lowest BCUT2D eigenvalue weighted by Crippen LogP contribution is -2.03. The first kappa shape index (κ1) is 12.9. The van der Waals surface area contributed by atoms with E-state index in [1.165, 1.54) is 12.1 Å². The number of ketones is 1. The van der Waals surface area contributed by atoms with Gasteiger partial charge in [-0.15, -0.1) is 0 Å². The van der Waals surface area contributed by atoms with Crippen molar-refractivity contribution in [2.75, 3.05) is 5.73 Å². The Morgan fingerprint density at radius 3 is 2.81 bits per heavy atom. The van der Waals surface area contributed by atoms with Crippen LogP contribution in [0.1, 0.15) is 21.5 Å². The molecule has 3 rings (SSSR count). The number of benzene rings is 2. The number of anilines is 1. The highest BCUT2D eigenvalue weighted by atomic mass is 19.1. The first-order valence-electron chi connectivity index (χ1n) is 6.21. The van der Waals surface area contributed by atoms with Crippen molar-refractivity contribution in [3.63, 3.8) is 0 Å². The van der Waals surface area contributed by atoms with Gasteiger partial charge in [-0.1, -0.05) is 6.07 Å². The molecule has 0 aliphatic heterocycles. The molecule has 0 radical (unpaired) electrons. The Morgan fingerprint density at radius 2 is 2.10 bits per heavy atom. The number of carbonyl (C=O) groups is 1. The highest BCUT2D eigenvalue weighted by molar-refractivity contribution is 6.17. The summed E-state index contributed by atoms with van der Waals surface area (Å²) in [5.41, 5.74) is 7.17. The lowest BCUT2D eigenvalue weighted by atomic mass is 9.99. The van der Waals surface area contributed by atoms with E-state index in [4.69, 9.17) is 11.0 Å². The Morgan fingerprint density at radius 1 is 1.29 bits per heavy atom. The van der Waals surface area contributed by atoms with Crippen molar-refractivity contribution in [1.82, 2.24) is 4.98 Å². The van der Waals surface area contributed by atoms with Gasteiger partial charge in [-0.2, -0.15) is 5.26 Å². The Labute approximate surface area is 119 Å². The Kier molecular flexibility index (Phi) is 2.92. The predicted molar refractivity (Wildman–Crippen MR) is 77.3 cm³/mol. The first-order valence-corrected chi connectivity index (χ1v) is 6.21. The number of nitrogens with two attached hydrogens (primary N) is 1. The van der Waals surface area contributed by atoms with E-state index in [1.54, 1.807) is 24.4 Å². The van der Waals surface area contributed by atoms with Crippen LogP contribution in [-0.2, 0) is 0 Å². The average Bonchev–Trinajstić information content (AvgIpc) is 2.93. The van der Waals surface area contributed by atoms with Gasteiger partial charge in [0.1, 0.15) is 5.82 Å². The van der Waals surface area contributed by atoms with Gasteiger partial charge in [0.25, 0.3) is 0 Å². The van der Waals surface area contributed by atoms with Crippen molar-refractivity contribution < 1.29 is 9.18 Å². The van der Waals surface area contributed by atoms with Crippen LogP contribution in [0.15, 0.2) is 42.6 Å². The van der Waals surface area contributed by atoms with Crippen LogP contribution in [0.3, 0.4) is 0 Å². The van der Waals surface area contributed by atoms with E-state index in [2.05, 4.69) is 11.1 Å². The molecule has 21 heavy (non-hydrogen) atoms. The number of nitrogens with zero attached hydrogens (tertiary/aromatic N) is 1. The van der Waals surface area contributed by atoms with Crippen molar-refractivity contribution in [3.8, 4) is 6.07 Å². The van der Waals surface area contributed by atoms with Crippen molar-refractivity contribution in [2.24, 2.45) is 0 Å². The lowest BCUT2D eigenvalue weighted by Gasteiger charge is -2.03. The molecule has 3 N–H and O–H groups in total. The van der Waals surface area contributed by atoms with E-state index >= 15 is 0 Å². The molecule has 2 aromatic carbocycles.